The first-order valence-electron chi connectivity index (χ1n) is 7.59. The molecule has 1 amide bonds. The number of amides is 1. The molecule has 26 heavy (non-hydrogen) atoms. The number of rotatable bonds is 4. The number of alkyl halides is 3. The summed E-state index contributed by atoms with van der Waals surface area (Å²) in [5.74, 6) is -0.264. The average molecular weight is 361 g/mol. The fourth-order valence-corrected chi connectivity index (χ4v) is 2.43. The molecular formula is C17H14F3N5O. The summed E-state index contributed by atoms with van der Waals surface area (Å²) in [6.07, 6.45) is -2.97. The molecule has 0 atom stereocenters. The largest absolute Gasteiger partial charge is 0.416 e. The fourth-order valence-electron chi connectivity index (χ4n) is 2.43. The van der Waals surface area contributed by atoms with Crippen LogP contribution in [0, 0.1) is 0 Å². The van der Waals surface area contributed by atoms with Crippen LogP contribution in [0.5, 0.6) is 0 Å². The van der Waals surface area contributed by atoms with Gasteiger partial charge in [-0.2, -0.15) is 13.2 Å². The highest BCUT2D eigenvalue weighted by molar-refractivity contribution is 5.94. The Bertz CT molecular complexity index is 892. The van der Waals surface area contributed by atoms with E-state index in [1.165, 1.54) is 28.0 Å². The van der Waals surface area contributed by atoms with Gasteiger partial charge in [-0.15, -0.1) is 5.10 Å². The lowest BCUT2D eigenvalue weighted by Gasteiger charge is -2.18. The Labute approximate surface area is 146 Å². The van der Waals surface area contributed by atoms with Gasteiger partial charge in [0.1, 0.15) is 6.33 Å². The van der Waals surface area contributed by atoms with E-state index >= 15 is 0 Å². The third-order valence-corrected chi connectivity index (χ3v) is 3.75. The topological polar surface area (TPSA) is 63.9 Å². The van der Waals surface area contributed by atoms with E-state index in [9.17, 15) is 18.0 Å². The summed E-state index contributed by atoms with van der Waals surface area (Å²) in [7, 11) is 1.59. The average Bonchev–Trinajstić information content (AvgIpc) is 3.15. The second-order valence-electron chi connectivity index (χ2n) is 5.66. The third kappa shape index (κ3) is 3.88. The minimum absolute atomic E-state index is 0.187. The van der Waals surface area contributed by atoms with Gasteiger partial charge in [-0.3, -0.25) is 4.79 Å². The van der Waals surface area contributed by atoms with Crippen molar-refractivity contribution in [3.8, 4) is 5.69 Å². The van der Waals surface area contributed by atoms with Crippen molar-refractivity contribution < 1.29 is 18.0 Å². The molecule has 3 aromatic rings. The van der Waals surface area contributed by atoms with Crippen LogP contribution in [-0.2, 0) is 12.7 Å². The molecule has 1 heterocycles. The molecule has 0 aliphatic heterocycles. The SMILES string of the molecule is CN(Cc1ccc(C(F)(F)F)cc1)C(=O)c1cccc(-n2cnnn2)c1. The van der Waals surface area contributed by atoms with Crippen LogP contribution in [0.25, 0.3) is 5.69 Å². The number of tetrazole rings is 1. The second kappa shape index (κ2) is 6.95. The van der Waals surface area contributed by atoms with E-state index < -0.39 is 11.7 Å². The van der Waals surface area contributed by atoms with Gasteiger partial charge in [-0.05, 0) is 46.3 Å². The second-order valence-corrected chi connectivity index (χ2v) is 5.66. The first-order valence-corrected chi connectivity index (χ1v) is 7.59. The summed E-state index contributed by atoms with van der Waals surface area (Å²) in [5.41, 5.74) is 0.936. The molecule has 6 nitrogen and oxygen atoms in total. The molecule has 0 fully saturated rings. The van der Waals surface area contributed by atoms with E-state index in [-0.39, 0.29) is 12.5 Å². The van der Waals surface area contributed by atoms with Crippen molar-refractivity contribution in [1.82, 2.24) is 25.1 Å². The molecule has 0 bridgehead atoms. The highest BCUT2D eigenvalue weighted by Gasteiger charge is 2.30. The van der Waals surface area contributed by atoms with Gasteiger partial charge >= 0.3 is 6.18 Å². The summed E-state index contributed by atoms with van der Waals surface area (Å²) in [5, 5.41) is 10.9. The van der Waals surface area contributed by atoms with Crippen molar-refractivity contribution in [2.24, 2.45) is 0 Å². The zero-order chi connectivity index (χ0) is 18.7. The molecule has 0 saturated carbocycles. The molecule has 1 aromatic heterocycles. The van der Waals surface area contributed by atoms with Crippen LogP contribution in [0.1, 0.15) is 21.5 Å². The van der Waals surface area contributed by atoms with Crippen LogP contribution in [0.3, 0.4) is 0 Å². The van der Waals surface area contributed by atoms with Gasteiger partial charge in [0.05, 0.1) is 11.3 Å². The smallest absolute Gasteiger partial charge is 0.337 e. The van der Waals surface area contributed by atoms with Gasteiger partial charge in [0, 0.05) is 19.2 Å². The molecule has 0 unspecified atom stereocenters. The van der Waals surface area contributed by atoms with Crippen molar-refractivity contribution in [3.05, 3.63) is 71.5 Å². The van der Waals surface area contributed by atoms with Gasteiger partial charge < -0.3 is 4.90 Å². The molecule has 134 valence electrons. The van der Waals surface area contributed by atoms with Crippen molar-refractivity contribution in [2.75, 3.05) is 7.05 Å². The van der Waals surface area contributed by atoms with Crippen LogP contribution in [0.2, 0.25) is 0 Å². The van der Waals surface area contributed by atoms with E-state index in [0.29, 0.717) is 16.8 Å². The number of benzene rings is 2. The number of hydrogen-bond donors (Lipinski definition) is 0. The molecule has 0 aliphatic carbocycles. The predicted molar refractivity (Wildman–Crippen MR) is 86.4 cm³/mol. The lowest BCUT2D eigenvalue weighted by molar-refractivity contribution is -0.137. The van der Waals surface area contributed by atoms with E-state index in [2.05, 4.69) is 15.5 Å². The maximum Gasteiger partial charge on any atom is 0.416 e. The minimum Gasteiger partial charge on any atom is -0.337 e. The zero-order valence-electron chi connectivity index (χ0n) is 13.7. The van der Waals surface area contributed by atoms with Crippen molar-refractivity contribution >= 4 is 5.91 Å². The number of halogens is 3. The molecule has 3 rings (SSSR count). The first kappa shape index (κ1) is 17.6. The Morgan fingerprint density at radius 3 is 2.50 bits per heavy atom. The lowest BCUT2D eigenvalue weighted by atomic mass is 10.1. The standard InChI is InChI=1S/C17H14F3N5O/c1-24(10-12-5-7-14(8-6-12)17(18,19)20)16(26)13-3-2-4-15(9-13)25-11-21-22-23-25/h2-9,11H,10H2,1H3. The summed E-state index contributed by atoms with van der Waals surface area (Å²) >= 11 is 0. The third-order valence-electron chi connectivity index (χ3n) is 3.75. The summed E-state index contributed by atoms with van der Waals surface area (Å²) in [4.78, 5) is 14.0. The summed E-state index contributed by atoms with van der Waals surface area (Å²) in [6, 6.07) is 11.5. The Balaban J connectivity index is 1.73. The zero-order valence-corrected chi connectivity index (χ0v) is 13.7. The molecule has 0 aliphatic rings. The Kier molecular flexibility index (Phi) is 4.70. The first-order chi connectivity index (χ1) is 12.3. The Morgan fingerprint density at radius 2 is 1.88 bits per heavy atom. The Morgan fingerprint density at radius 1 is 1.15 bits per heavy atom. The minimum atomic E-state index is -4.38. The van der Waals surface area contributed by atoms with E-state index in [1.54, 1.807) is 31.3 Å². The van der Waals surface area contributed by atoms with Gasteiger partial charge in [-0.25, -0.2) is 4.68 Å². The van der Waals surface area contributed by atoms with Crippen LogP contribution in [-0.4, -0.2) is 38.1 Å². The maximum absolute atomic E-state index is 12.6. The number of hydrogen-bond acceptors (Lipinski definition) is 4. The molecular weight excluding hydrogens is 347 g/mol. The monoisotopic (exact) mass is 361 g/mol. The van der Waals surface area contributed by atoms with E-state index in [4.69, 9.17) is 0 Å². The van der Waals surface area contributed by atoms with Crippen molar-refractivity contribution in [1.29, 1.82) is 0 Å². The number of carbonyl (C=O) groups is 1. The van der Waals surface area contributed by atoms with Gasteiger partial charge in [0.25, 0.3) is 5.91 Å². The number of aromatic nitrogens is 4. The van der Waals surface area contributed by atoms with Crippen LogP contribution in [0.15, 0.2) is 54.9 Å². The van der Waals surface area contributed by atoms with Gasteiger partial charge in [0.15, 0.2) is 0 Å². The fraction of sp³-hybridized carbons (Fsp3) is 0.176. The van der Waals surface area contributed by atoms with E-state index in [0.717, 1.165) is 12.1 Å². The molecule has 2 aromatic carbocycles. The van der Waals surface area contributed by atoms with Crippen LogP contribution in [0.4, 0.5) is 13.2 Å². The molecule has 0 radical (unpaired) electrons. The maximum atomic E-state index is 12.6. The quantitative estimate of drug-likeness (QED) is 0.717. The molecule has 9 heteroatoms. The summed E-state index contributed by atoms with van der Waals surface area (Å²) in [6.45, 7) is 0.187. The molecule has 0 spiro atoms. The number of carbonyl (C=O) groups excluding carboxylic acids is 1. The highest BCUT2D eigenvalue weighted by atomic mass is 19.4. The summed E-state index contributed by atoms with van der Waals surface area (Å²) < 4.78 is 39.2. The van der Waals surface area contributed by atoms with Crippen LogP contribution >= 0.6 is 0 Å². The molecule has 0 N–H and O–H groups in total. The Hall–Kier alpha value is -3.23. The molecule has 0 saturated heterocycles. The number of nitrogens with zero attached hydrogens (tertiary/aromatic N) is 5. The normalized spacial score (nSPS) is 11.4. The van der Waals surface area contributed by atoms with Gasteiger partial charge in [0.2, 0.25) is 0 Å². The van der Waals surface area contributed by atoms with Gasteiger partial charge in [-0.1, -0.05) is 18.2 Å². The highest BCUT2D eigenvalue weighted by Crippen LogP contribution is 2.29. The van der Waals surface area contributed by atoms with Crippen molar-refractivity contribution in [3.63, 3.8) is 0 Å². The van der Waals surface area contributed by atoms with Crippen LogP contribution < -0.4 is 0 Å². The van der Waals surface area contributed by atoms with Crippen molar-refractivity contribution in [2.45, 2.75) is 12.7 Å². The lowest BCUT2D eigenvalue weighted by Crippen LogP contribution is -2.26. The predicted octanol–water partition coefficient (Wildman–Crippen LogP) is 2.95. The van der Waals surface area contributed by atoms with E-state index in [1.807, 2.05) is 0 Å².